The van der Waals surface area contributed by atoms with E-state index in [-0.39, 0.29) is 18.7 Å². The quantitative estimate of drug-likeness (QED) is 0.560. The fourth-order valence-corrected chi connectivity index (χ4v) is 4.04. The van der Waals surface area contributed by atoms with E-state index < -0.39 is 18.0 Å². The summed E-state index contributed by atoms with van der Waals surface area (Å²) in [6, 6.07) is 14.5. The lowest BCUT2D eigenvalue weighted by molar-refractivity contribution is -0.120. The Morgan fingerprint density at radius 3 is 2.61 bits per heavy atom. The number of nitrogens with zero attached hydrogens (tertiary/aromatic N) is 1. The molecule has 1 aromatic heterocycles. The maximum Gasteiger partial charge on any atom is 0.322 e. The first kappa shape index (κ1) is 18.1. The molecule has 0 saturated carbocycles. The van der Waals surface area contributed by atoms with Gasteiger partial charge in [-0.3, -0.25) is 14.9 Å². The third-order valence-corrected chi connectivity index (χ3v) is 5.49. The van der Waals surface area contributed by atoms with Crippen molar-refractivity contribution in [1.29, 1.82) is 0 Å². The molecule has 2 aromatic carbocycles. The lowest BCUT2D eigenvalue weighted by Crippen LogP contribution is -2.30. The number of carbonyl (C=O) groups excluding carboxylic acids is 3. The lowest BCUT2D eigenvalue weighted by Gasteiger charge is -2.08. The summed E-state index contributed by atoms with van der Waals surface area (Å²) < 4.78 is 1.17. The number of urea groups is 1. The fourth-order valence-electron chi connectivity index (χ4n) is 3.04. The Balaban J connectivity index is 1.31. The molecular formula is C20H18N4O3S. The number of rotatable bonds is 6. The van der Waals surface area contributed by atoms with Crippen LogP contribution in [0.15, 0.2) is 48.5 Å². The molecule has 4 rings (SSSR count). The highest BCUT2D eigenvalue weighted by Gasteiger charge is 2.29. The highest BCUT2D eigenvalue weighted by molar-refractivity contribution is 7.18. The Morgan fingerprint density at radius 2 is 1.89 bits per heavy atom. The van der Waals surface area contributed by atoms with E-state index in [0.29, 0.717) is 5.69 Å². The van der Waals surface area contributed by atoms with Gasteiger partial charge in [0.05, 0.1) is 15.2 Å². The van der Waals surface area contributed by atoms with Gasteiger partial charge in [-0.2, -0.15) is 0 Å². The van der Waals surface area contributed by atoms with Gasteiger partial charge in [0.15, 0.2) is 0 Å². The molecule has 1 atom stereocenters. The third-order valence-electron chi connectivity index (χ3n) is 4.45. The average Bonchev–Trinajstić information content (AvgIpc) is 3.23. The van der Waals surface area contributed by atoms with Crippen LogP contribution in [0.3, 0.4) is 0 Å². The van der Waals surface area contributed by atoms with Crippen molar-refractivity contribution in [2.24, 2.45) is 0 Å². The minimum absolute atomic E-state index is 0.145. The van der Waals surface area contributed by atoms with E-state index in [4.69, 9.17) is 0 Å². The number of aromatic nitrogens is 1. The molecule has 0 unspecified atom stereocenters. The third kappa shape index (κ3) is 4.17. The average molecular weight is 394 g/mol. The number of hydrogen-bond acceptors (Lipinski definition) is 5. The molecule has 1 saturated heterocycles. The Hall–Kier alpha value is -3.26. The predicted molar refractivity (Wildman–Crippen MR) is 107 cm³/mol. The first-order valence-electron chi connectivity index (χ1n) is 8.91. The maximum absolute atomic E-state index is 12.1. The van der Waals surface area contributed by atoms with Crippen LogP contribution in [0.4, 0.5) is 10.5 Å². The van der Waals surface area contributed by atoms with Gasteiger partial charge in [0, 0.05) is 18.5 Å². The molecule has 1 fully saturated rings. The van der Waals surface area contributed by atoms with Gasteiger partial charge in [-0.15, -0.1) is 11.3 Å². The number of hydrogen-bond donors (Lipinski definition) is 3. The summed E-state index contributed by atoms with van der Waals surface area (Å²) in [6.07, 6.45) is 1.15. The van der Waals surface area contributed by atoms with Crippen molar-refractivity contribution in [3.05, 3.63) is 59.1 Å². The van der Waals surface area contributed by atoms with Gasteiger partial charge in [-0.1, -0.05) is 24.3 Å². The van der Waals surface area contributed by atoms with E-state index in [1.54, 1.807) is 11.3 Å². The van der Waals surface area contributed by atoms with E-state index in [2.05, 4.69) is 27.0 Å². The molecule has 2 heterocycles. The van der Waals surface area contributed by atoms with E-state index in [9.17, 15) is 14.4 Å². The summed E-state index contributed by atoms with van der Waals surface area (Å²) >= 11 is 1.68. The number of thiazole rings is 1. The van der Waals surface area contributed by atoms with Crippen molar-refractivity contribution < 1.29 is 14.4 Å². The van der Waals surface area contributed by atoms with Crippen LogP contribution < -0.4 is 16.0 Å². The predicted octanol–water partition coefficient (Wildman–Crippen LogP) is 2.81. The van der Waals surface area contributed by atoms with Gasteiger partial charge in [0.1, 0.15) is 6.04 Å². The Morgan fingerprint density at radius 1 is 1.11 bits per heavy atom. The minimum Gasteiger partial charge on any atom is -0.326 e. The van der Waals surface area contributed by atoms with Crippen LogP contribution in [-0.2, 0) is 16.0 Å². The first-order valence-corrected chi connectivity index (χ1v) is 9.73. The molecule has 8 heteroatoms. The molecule has 7 nitrogen and oxygen atoms in total. The van der Waals surface area contributed by atoms with Gasteiger partial charge in [-0.05, 0) is 36.2 Å². The Kier molecular flexibility index (Phi) is 5.03. The summed E-state index contributed by atoms with van der Waals surface area (Å²) in [4.78, 5) is 39.2. The number of benzene rings is 2. The number of anilines is 1. The smallest absolute Gasteiger partial charge is 0.322 e. The van der Waals surface area contributed by atoms with Crippen molar-refractivity contribution >= 4 is 45.1 Å². The van der Waals surface area contributed by atoms with Crippen molar-refractivity contribution in [1.82, 2.24) is 15.6 Å². The van der Waals surface area contributed by atoms with Crippen LogP contribution in [0.25, 0.3) is 10.2 Å². The molecule has 3 aromatic rings. The summed E-state index contributed by atoms with van der Waals surface area (Å²) in [5.41, 5.74) is 2.82. The highest BCUT2D eigenvalue weighted by Crippen LogP contribution is 2.24. The van der Waals surface area contributed by atoms with Crippen LogP contribution in [0.5, 0.6) is 0 Å². The molecule has 1 aliphatic rings. The summed E-state index contributed by atoms with van der Waals surface area (Å²) in [5, 5.41) is 8.49. The van der Waals surface area contributed by atoms with Crippen LogP contribution in [0.2, 0.25) is 0 Å². The van der Waals surface area contributed by atoms with Crippen LogP contribution in [0, 0.1) is 0 Å². The van der Waals surface area contributed by atoms with Gasteiger partial charge < -0.3 is 10.6 Å². The van der Waals surface area contributed by atoms with Gasteiger partial charge in [-0.25, -0.2) is 9.78 Å². The monoisotopic (exact) mass is 394 g/mol. The van der Waals surface area contributed by atoms with Crippen molar-refractivity contribution in [3.63, 3.8) is 0 Å². The molecule has 0 radical (unpaired) electrons. The molecule has 0 spiro atoms. The first-order chi connectivity index (χ1) is 13.6. The number of nitrogens with one attached hydrogen (secondary N) is 3. The van der Waals surface area contributed by atoms with Crippen LogP contribution >= 0.6 is 11.3 Å². The number of fused-ring (bicyclic) bond motifs is 1. The summed E-state index contributed by atoms with van der Waals surface area (Å²) in [5.74, 6) is -0.593. The van der Waals surface area contributed by atoms with E-state index >= 15 is 0 Å². The number of amides is 4. The van der Waals surface area contributed by atoms with E-state index in [1.807, 2.05) is 42.5 Å². The molecular weight excluding hydrogens is 376 g/mol. The Bertz CT molecular complexity index is 1010. The normalized spacial score (nSPS) is 16.1. The standard InChI is InChI=1S/C20H18N4O3S/c25-17(10-9-15-19(26)24-20(27)23-15)21-13-7-5-12(6-8-13)11-18-22-14-3-1-2-4-16(14)28-18/h1-8,15H,9-11H2,(H,21,25)(H2,23,24,26,27)/t15-/m1/s1. The van der Waals surface area contributed by atoms with Gasteiger partial charge in [0.25, 0.3) is 5.91 Å². The largest absolute Gasteiger partial charge is 0.326 e. The highest BCUT2D eigenvalue weighted by atomic mass is 32.1. The number of carbonyl (C=O) groups is 3. The summed E-state index contributed by atoms with van der Waals surface area (Å²) in [6.45, 7) is 0. The maximum atomic E-state index is 12.1. The topological polar surface area (TPSA) is 100 Å². The van der Waals surface area contributed by atoms with Crippen LogP contribution in [0.1, 0.15) is 23.4 Å². The molecule has 142 valence electrons. The molecule has 4 amide bonds. The van der Waals surface area contributed by atoms with Crippen molar-refractivity contribution in [2.45, 2.75) is 25.3 Å². The minimum atomic E-state index is -0.644. The van der Waals surface area contributed by atoms with E-state index in [0.717, 1.165) is 22.5 Å². The van der Waals surface area contributed by atoms with Gasteiger partial charge in [0.2, 0.25) is 5.91 Å². The van der Waals surface area contributed by atoms with Gasteiger partial charge >= 0.3 is 6.03 Å². The Labute approximate surface area is 165 Å². The SMILES string of the molecule is O=C(CC[C@H]1NC(=O)NC1=O)Nc1ccc(Cc2nc3ccccc3s2)cc1. The molecule has 0 aliphatic carbocycles. The molecule has 0 bridgehead atoms. The molecule has 1 aliphatic heterocycles. The fraction of sp³-hybridized carbons (Fsp3) is 0.200. The lowest BCUT2D eigenvalue weighted by atomic mass is 10.1. The molecule has 3 N–H and O–H groups in total. The van der Waals surface area contributed by atoms with E-state index in [1.165, 1.54) is 4.70 Å². The zero-order valence-corrected chi connectivity index (χ0v) is 15.7. The zero-order valence-electron chi connectivity index (χ0n) is 14.9. The number of imide groups is 1. The second-order valence-electron chi connectivity index (χ2n) is 6.55. The summed E-state index contributed by atoms with van der Waals surface area (Å²) in [7, 11) is 0. The zero-order chi connectivity index (χ0) is 19.5. The van der Waals surface area contributed by atoms with Crippen molar-refractivity contribution in [2.75, 3.05) is 5.32 Å². The number of para-hydroxylation sites is 1. The molecule has 28 heavy (non-hydrogen) atoms. The second kappa shape index (κ2) is 7.77. The van der Waals surface area contributed by atoms with Crippen LogP contribution in [-0.4, -0.2) is 28.9 Å². The van der Waals surface area contributed by atoms with Crippen molar-refractivity contribution in [3.8, 4) is 0 Å². The second-order valence-corrected chi connectivity index (χ2v) is 7.67.